The van der Waals surface area contributed by atoms with Crippen molar-refractivity contribution < 1.29 is 0 Å². The molecule has 1 aliphatic carbocycles. The summed E-state index contributed by atoms with van der Waals surface area (Å²) in [5.41, 5.74) is 5.72. The summed E-state index contributed by atoms with van der Waals surface area (Å²) in [4.78, 5) is 1.33. The lowest BCUT2D eigenvalue weighted by atomic mass is 9.96. The molecule has 19 heavy (non-hydrogen) atoms. The monoisotopic (exact) mass is 276 g/mol. The summed E-state index contributed by atoms with van der Waals surface area (Å²) in [7, 11) is 0. The number of nitrogens with one attached hydrogen (secondary N) is 1. The van der Waals surface area contributed by atoms with Gasteiger partial charge in [-0.15, -0.1) is 11.8 Å². The van der Waals surface area contributed by atoms with Crippen LogP contribution in [0.3, 0.4) is 0 Å². The number of benzene rings is 1. The van der Waals surface area contributed by atoms with Gasteiger partial charge >= 0.3 is 0 Å². The van der Waals surface area contributed by atoms with Crippen LogP contribution in [0.1, 0.15) is 50.6 Å². The molecule has 0 saturated heterocycles. The molecule has 1 aromatic carbocycles. The number of nitrogens with two attached hydrogens (primary N) is 1. The first-order valence-corrected chi connectivity index (χ1v) is 8.21. The Morgan fingerprint density at radius 1 is 1.21 bits per heavy atom. The topological polar surface area (TPSA) is 38.0 Å². The molecular weight excluding hydrogens is 252 g/mol. The molecule has 0 heterocycles. The summed E-state index contributed by atoms with van der Waals surface area (Å²) in [6.07, 6.45) is 8.67. The molecule has 0 aliphatic heterocycles. The van der Waals surface area contributed by atoms with Gasteiger partial charge in [-0.2, -0.15) is 0 Å². The zero-order valence-electron chi connectivity index (χ0n) is 11.7. The predicted octanol–water partition coefficient (Wildman–Crippen LogP) is 4.19. The van der Waals surface area contributed by atoms with E-state index in [1.165, 1.54) is 48.1 Å². The molecule has 0 bridgehead atoms. The average Bonchev–Trinajstić information content (AvgIpc) is 2.71. The van der Waals surface area contributed by atoms with Crippen molar-refractivity contribution >= 4 is 11.8 Å². The molecule has 3 N–H and O–H groups in total. The number of allylic oxidation sites excluding steroid dienone is 1. The third-order valence-electron chi connectivity index (χ3n) is 3.64. The van der Waals surface area contributed by atoms with Crippen molar-refractivity contribution in [3.63, 3.8) is 0 Å². The van der Waals surface area contributed by atoms with Gasteiger partial charge in [-0.25, -0.2) is 5.43 Å². The Bertz CT molecular complexity index is 411. The summed E-state index contributed by atoms with van der Waals surface area (Å²) in [5, 5.41) is 0. The van der Waals surface area contributed by atoms with Crippen molar-refractivity contribution in [3.05, 3.63) is 41.5 Å². The SMILES string of the molecule is CCSc1ccc(C(NN)C2=CCCCCC2)cc1. The van der Waals surface area contributed by atoms with Gasteiger partial charge < -0.3 is 0 Å². The van der Waals surface area contributed by atoms with Crippen LogP contribution in [0.2, 0.25) is 0 Å². The maximum Gasteiger partial charge on any atom is 0.0670 e. The van der Waals surface area contributed by atoms with E-state index in [-0.39, 0.29) is 6.04 Å². The first-order chi connectivity index (χ1) is 9.35. The fraction of sp³-hybridized carbons (Fsp3) is 0.500. The van der Waals surface area contributed by atoms with Crippen molar-refractivity contribution in [2.75, 3.05) is 5.75 Å². The number of hydrogen-bond donors (Lipinski definition) is 2. The lowest BCUT2D eigenvalue weighted by Gasteiger charge is -2.20. The first-order valence-electron chi connectivity index (χ1n) is 7.23. The molecule has 0 spiro atoms. The number of hydrogen-bond acceptors (Lipinski definition) is 3. The van der Waals surface area contributed by atoms with E-state index in [2.05, 4.69) is 42.7 Å². The van der Waals surface area contributed by atoms with Crippen LogP contribution in [0.25, 0.3) is 0 Å². The van der Waals surface area contributed by atoms with Gasteiger partial charge in [-0.05, 0) is 49.1 Å². The molecule has 0 amide bonds. The first kappa shape index (κ1) is 14.6. The molecule has 0 radical (unpaired) electrons. The largest absolute Gasteiger partial charge is 0.271 e. The van der Waals surface area contributed by atoms with Crippen LogP contribution in [0.15, 0.2) is 40.8 Å². The second-order valence-corrected chi connectivity index (χ2v) is 6.32. The third kappa shape index (κ3) is 4.10. The molecule has 0 fully saturated rings. The Morgan fingerprint density at radius 2 is 2.00 bits per heavy atom. The predicted molar refractivity (Wildman–Crippen MR) is 84.1 cm³/mol. The summed E-state index contributed by atoms with van der Waals surface area (Å²) < 4.78 is 0. The van der Waals surface area contributed by atoms with Crippen LogP contribution in [0.4, 0.5) is 0 Å². The normalized spacial score (nSPS) is 17.7. The minimum Gasteiger partial charge on any atom is -0.271 e. The molecule has 0 saturated carbocycles. The molecule has 1 aliphatic rings. The highest BCUT2D eigenvalue weighted by molar-refractivity contribution is 7.99. The summed E-state index contributed by atoms with van der Waals surface area (Å²) in [5.74, 6) is 6.90. The Labute approximate surface area is 120 Å². The highest BCUT2D eigenvalue weighted by atomic mass is 32.2. The van der Waals surface area contributed by atoms with Crippen molar-refractivity contribution in [1.82, 2.24) is 5.43 Å². The molecule has 104 valence electrons. The Balaban J connectivity index is 2.13. The van der Waals surface area contributed by atoms with E-state index in [0.717, 1.165) is 5.75 Å². The van der Waals surface area contributed by atoms with Crippen LogP contribution in [0, 0.1) is 0 Å². The lowest BCUT2D eigenvalue weighted by Crippen LogP contribution is -2.29. The molecule has 1 unspecified atom stereocenters. The van der Waals surface area contributed by atoms with Gasteiger partial charge in [0.15, 0.2) is 0 Å². The van der Waals surface area contributed by atoms with Crippen molar-refractivity contribution in [2.24, 2.45) is 5.84 Å². The van der Waals surface area contributed by atoms with E-state index in [4.69, 9.17) is 5.84 Å². The van der Waals surface area contributed by atoms with Crippen LogP contribution in [0.5, 0.6) is 0 Å². The van der Waals surface area contributed by atoms with Gasteiger partial charge in [0.1, 0.15) is 0 Å². The third-order valence-corrected chi connectivity index (χ3v) is 4.53. The highest BCUT2D eigenvalue weighted by Crippen LogP contribution is 2.29. The summed E-state index contributed by atoms with van der Waals surface area (Å²) in [6.45, 7) is 2.18. The Morgan fingerprint density at radius 3 is 2.68 bits per heavy atom. The second-order valence-electron chi connectivity index (χ2n) is 4.98. The van der Waals surface area contributed by atoms with Crippen LogP contribution in [-0.2, 0) is 0 Å². The average molecular weight is 276 g/mol. The van der Waals surface area contributed by atoms with Gasteiger partial charge in [-0.1, -0.05) is 37.1 Å². The van der Waals surface area contributed by atoms with Crippen molar-refractivity contribution in [1.29, 1.82) is 0 Å². The maximum atomic E-state index is 5.79. The lowest BCUT2D eigenvalue weighted by molar-refractivity contribution is 0.592. The van der Waals surface area contributed by atoms with E-state index in [9.17, 15) is 0 Å². The van der Waals surface area contributed by atoms with Crippen LogP contribution < -0.4 is 11.3 Å². The van der Waals surface area contributed by atoms with E-state index < -0.39 is 0 Å². The highest BCUT2D eigenvalue weighted by Gasteiger charge is 2.16. The smallest absolute Gasteiger partial charge is 0.0670 e. The Hall–Kier alpha value is -0.770. The van der Waals surface area contributed by atoms with Gasteiger partial charge in [0, 0.05) is 4.90 Å². The number of hydrazine groups is 1. The molecule has 1 atom stereocenters. The minimum absolute atomic E-state index is 0.179. The molecule has 2 nitrogen and oxygen atoms in total. The zero-order valence-corrected chi connectivity index (χ0v) is 12.5. The van der Waals surface area contributed by atoms with Crippen molar-refractivity contribution in [2.45, 2.75) is 50.0 Å². The fourth-order valence-corrected chi connectivity index (χ4v) is 3.30. The summed E-state index contributed by atoms with van der Waals surface area (Å²) in [6, 6.07) is 8.98. The van der Waals surface area contributed by atoms with Crippen LogP contribution in [-0.4, -0.2) is 5.75 Å². The fourth-order valence-electron chi connectivity index (χ4n) is 2.64. The Kier molecular flexibility index (Phi) is 5.95. The van der Waals surface area contributed by atoms with E-state index in [1.807, 2.05) is 11.8 Å². The van der Waals surface area contributed by atoms with Crippen LogP contribution >= 0.6 is 11.8 Å². The van der Waals surface area contributed by atoms with E-state index in [0.29, 0.717) is 0 Å². The zero-order chi connectivity index (χ0) is 13.5. The molecule has 1 aromatic rings. The van der Waals surface area contributed by atoms with Gasteiger partial charge in [0.25, 0.3) is 0 Å². The quantitative estimate of drug-likeness (QED) is 0.366. The molecule has 2 rings (SSSR count). The van der Waals surface area contributed by atoms with Gasteiger partial charge in [-0.3, -0.25) is 5.84 Å². The van der Waals surface area contributed by atoms with Gasteiger partial charge in [0.05, 0.1) is 6.04 Å². The van der Waals surface area contributed by atoms with Crippen molar-refractivity contribution in [3.8, 4) is 0 Å². The minimum atomic E-state index is 0.179. The molecular formula is C16H24N2S. The molecule has 3 heteroatoms. The summed E-state index contributed by atoms with van der Waals surface area (Å²) >= 11 is 1.88. The molecule has 0 aromatic heterocycles. The second kappa shape index (κ2) is 7.73. The number of thioether (sulfide) groups is 1. The maximum absolute atomic E-state index is 5.79. The van der Waals surface area contributed by atoms with E-state index >= 15 is 0 Å². The van der Waals surface area contributed by atoms with Gasteiger partial charge in [0.2, 0.25) is 0 Å². The van der Waals surface area contributed by atoms with E-state index in [1.54, 1.807) is 0 Å². The standard InChI is InChI=1S/C16H24N2S/c1-2-19-15-11-9-14(10-12-15)16(18-17)13-7-5-3-4-6-8-13/h7,9-12,16,18H,2-6,8,17H2,1H3. The number of rotatable bonds is 5.